The van der Waals surface area contributed by atoms with E-state index in [0.717, 1.165) is 39.3 Å². The van der Waals surface area contributed by atoms with Crippen LogP contribution >= 0.6 is 0 Å². The second-order valence-corrected chi connectivity index (χ2v) is 19.8. The Balaban J connectivity index is 4.47. The summed E-state index contributed by atoms with van der Waals surface area (Å²) in [6.07, 6.45) is 0.806. The summed E-state index contributed by atoms with van der Waals surface area (Å²) in [5, 5.41) is 9.65. The summed E-state index contributed by atoms with van der Waals surface area (Å²) in [6.45, 7) is 27.3. The van der Waals surface area contributed by atoms with Crippen LogP contribution in [0.2, 0.25) is 36.3 Å². The van der Waals surface area contributed by atoms with Gasteiger partial charge in [-0.05, 0) is 42.7 Å². The lowest BCUT2D eigenvalue weighted by molar-refractivity contribution is 0.154. The standard InChI is InChI=1S/C19H45NO3Si2/c1-18(2,3)24(7,8)22-16-13-20(12-11-15-21)14-17-23-25(9,10)19(4,5)6/h21H,11-17H2,1-10H3. The van der Waals surface area contributed by atoms with Crippen LogP contribution < -0.4 is 0 Å². The number of aliphatic hydroxyl groups is 1. The molecular weight excluding hydrogens is 346 g/mol. The predicted molar refractivity (Wildman–Crippen MR) is 114 cm³/mol. The quantitative estimate of drug-likeness (QED) is 0.518. The highest BCUT2D eigenvalue weighted by atomic mass is 28.4. The van der Waals surface area contributed by atoms with Crippen molar-refractivity contribution in [3.8, 4) is 0 Å². The summed E-state index contributed by atoms with van der Waals surface area (Å²) in [5.41, 5.74) is 0. The van der Waals surface area contributed by atoms with Crippen molar-refractivity contribution in [3.05, 3.63) is 0 Å². The average Bonchev–Trinajstić information content (AvgIpc) is 2.41. The third-order valence-electron chi connectivity index (χ3n) is 5.99. The zero-order valence-corrected chi connectivity index (χ0v) is 20.7. The molecule has 0 aromatic rings. The van der Waals surface area contributed by atoms with Crippen molar-refractivity contribution >= 4 is 16.6 Å². The first kappa shape index (κ1) is 25.3. The van der Waals surface area contributed by atoms with Gasteiger partial charge in [-0.3, -0.25) is 4.90 Å². The second-order valence-electron chi connectivity index (χ2n) is 10.1. The lowest BCUT2D eigenvalue weighted by atomic mass is 10.2. The molecule has 0 saturated heterocycles. The van der Waals surface area contributed by atoms with Gasteiger partial charge in [-0.2, -0.15) is 0 Å². The summed E-state index contributed by atoms with van der Waals surface area (Å²) < 4.78 is 12.6. The van der Waals surface area contributed by atoms with Crippen LogP contribution in [0.4, 0.5) is 0 Å². The van der Waals surface area contributed by atoms with Crippen LogP contribution in [-0.4, -0.2) is 66.1 Å². The second kappa shape index (κ2) is 9.99. The number of hydrogen-bond acceptors (Lipinski definition) is 4. The van der Waals surface area contributed by atoms with Gasteiger partial charge in [0.1, 0.15) is 0 Å². The Hall–Kier alpha value is 0.274. The number of aliphatic hydroxyl groups excluding tert-OH is 1. The van der Waals surface area contributed by atoms with Gasteiger partial charge in [0, 0.05) is 39.5 Å². The van der Waals surface area contributed by atoms with Crippen LogP contribution in [0.1, 0.15) is 48.0 Å². The van der Waals surface area contributed by atoms with Gasteiger partial charge < -0.3 is 14.0 Å². The van der Waals surface area contributed by atoms with Gasteiger partial charge in [-0.25, -0.2) is 0 Å². The minimum Gasteiger partial charge on any atom is -0.416 e. The third kappa shape index (κ3) is 9.15. The van der Waals surface area contributed by atoms with E-state index in [9.17, 15) is 0 Å². The molecule has 0 aliphatic carbocycles. The number of rotatable bonds is 11. The summed E-state index contributed by atoms with van der Waals surface area (Å²) in [7, 11) is -3.38. The summed E-state index contributed by atoms with van der Waals surface area (Å²) in [5.74, 6) is 0. The Morgan fingerprint density at radius 1 is 0.720 bits per heavy atom. The Bertz CT molecular complexity index is 342. The molecule has 0 aromatic carbocycles. The van der Waals surface area contributed by atoms with Crippen LogP contribution in [0.25, 0.3) is 0 Å². The molecule has 152 valence electrons. The van der Waals surface area contributed by atoms with E-state index in [0.29, 0.717) is 0 Å². The smallest absolute Gasteiger partial charge is 0.192 e. The fraction of sp³-hybridized carbons (Fsp3) is 1.00. The summed E-state index contributed by atoms with van der Waals surface area (Å²) in [4.78, 5) is 2.37. The van der Waals surface area contributed by atoms with E-state index in [1.54, 1.807) is 0 Å². The molecule has 4 nitrogen and oxygen atoms in total. The van der Waals surface area contributed by atoms with Crippen molar-refractivity contribution < 1.29 is 14.0 Å². The molecule has 0 atom stereocenters. The zero-order valence-electron chi connectivity index (χ0n) is 18.7. The zero-order chi connectivity index (χ0) is 19.9. The van der Waals surface area contributed by atoms with E-state index in [1.807, 2.05) is 0 Å². The first-order valence-corrected chi connectivity index (χ1v) is 15.6. The van der Waals surface area contributed by atoms with E-state index in [1.165, 1.54) is 0 Å². The molecule has 0 aliphatic rings. The van der Waals surface area contributed by atoms with Crippen molar-refractivity contribution in [2.45, 2.75) is 84.2 Å². The maximum atomic E-state index is 9.16. The SMILES string of the molecule is CC(C)(C)[Si](C)(C)OCCN(CCCO)CCO[Si](C)(C)C(C)(C)C. The van der Waals surface area contributed by atoms with Crippen LogP contribution in [0, 0.1) is 0 Å². The Morgan fingerprint density at radius 2 is 1.08 bits per heavy atom. The Labute approximate surface area is 159 Å². The monoisotopic (exact) mass is 391 g/mol. The van der Waals surface area contributed by atoms with Gasteiger partial charge in [0.05, 0.1) is 0 Å². The molecular formula is C19H45NO3Si2. The van der Waals surface area contributed by atoms with Gasteiger partial charge in [-0.1, -0.05) is 41.5 Å². The van der Waals surface area contributed by atoms with Gasteiger partial charge in [0.25, 0.3) is 0 Å². The van der Waals surface area contributed by atoms with E-state index in [2.05, 4.69) is 72.6 Å². The Kier molecular flexibility index (Phi) is 10.1. The fourth-order valence-corrected chi connectivity index (χ4v) is 3.99. The molecule has 6 heteroatoms. The molecule has 0 fully saturated rings. The van der Waals surface area contributed by atoms with Crippen molar-refractivity contribution in [2.24, 2.45) is 0 Å². The van der Waals surface area contributed by atoms with Crippen molar-refractivity contribution in [1.29, 1.82) is 0 Å². The van der Waals surface area contributed by atoms with E-state index in [-0.39, 0.29) is 16.7 Å². The molecule has 0 bridgehead atoms. The minimum absolute atomic E-state index is 0.239. The minimum atomic E-state index is -1.69. The fourth-order valence-electron chi connectivity index (χ4n) is 1.92. The average molecular weight is 392 g/mol. The molecule has 0 amide bonds. The molecule has 0 heterocycles. The van der Waals surface area contributed by atoms with Gasteiger partial charge in [-0.15, -0.1) is 0 Å². The molecule has 0 saturated carbocycles. The van der Waals surface area contributed by atoms with Crippen LogP contribution in [0.3, 0.4) is 0 Å². The molecule has 25 heavy (non-hydrogen) atoms. The van der Waals surface area contributed by atoms with Crippen LogP contribution in [0.5, 0.6) is 0 Å². The number of nitrogens with zero attached hydrogens (tertiary/aromatic N) is 1. The van der Waals surface area contributed by atoms with Gasteiger partial charge >= 0.3 is 0 Å². The van der Waals surface area contributed by atoms with Crippen molar-refractivity contribution in [3.63, 3.8) is 0 Å². The highest BCUT2D eigenvalue weighted by molar-refractivity contribution is 6.74. The van der Waals surface area contributed by atoms with E-state index < -0.39 is 16.6 Å². The Morgan fingerprint density at radius 3 is 1.36 bits per heavy atom. The third-order valence-corrected chi connectivity index (χ3v) is 15.1. The van der Waals surface area contributed by atoms with Gasteiger partial charge in [0.15, 0.2) is 16.6 Å². The first-order chi connectivity index (χ1) is 11.1. The normalized spacial score (nSPS) is 14.4. The maximum absolute atomic E-state index is 9.16. The molecule has 0 aromatic heterocycles. The van der Waals surface area contributed by atoms with Crippen LogP contribution in [0.15, 0.2) is 0 Å². The molecule has 0 rings (SSSR count). The largest absolute Gasteiger partial charge is 0.416 e. The maximum Gasteiger partial charge on any atom is 0.192 e. The molecule has 0 spiro atoms. The molecule has 0 aliphatic heterocycles. The van der Waals surface area contributed by atoms with E-state index in [4.69, 9.17) is 14.0 Å². The molecule has 1 N–H and O–H groups in total. The van der Waals surface area contributed by atoms with Crippen molar-refractivity contribution in [1.82, 2.24) is 4.90 Å². The van der Waals surface area contributed by atoms with Crippen molar-refractivity contribution in [2.75, 3.05) is 39.5 Å². The predicted octanol–water partition coefficient (Wildman–Crippen LogP) is 4.71. The highest BCUT2D eigenvalue weighted by Gasteiger charge is 2.38. The first-order valence-electron chi connectivity index (χ1n) is 9.75. The summed E-state index contributed by atoms with van der Waals surface area (Å²) in [6, 6.07) is 0. The molecule has 0 radical (unpaired) electrons. The summed E-state index contributed by atoms with van der Waals surface area (Å²) >= 11 is 0. The van der Waals surface area contributed by atoms with Crippen LogP contribution in [-0.2, 0) is 8.85 Å². The highest BCUT2D eigenvalue weighted by Crippen LogP contribution is 2.37. The van der Waals surface area contributed by atoms with E-state index >= 15 is 0 Å². The van der Waals surface area contributed by atoms with Gasteiger partial charge in [0.2, 0.25) is 0 Å². The lowest BCUT2D eigenvalue weighted by Gasteiger charge is -2.38. The lowest BCUT2D eigenvalue weighted by Crippen LogP contribution is -2.44. The molecule has 0 unspecified atom stereocenters. The topological polar surface area (TPSA) is 41.9 Å². The number of hydrogen-bond donors (Lipinski definition) is 1.